The van der Waals surface area contributed by atoms with Crippen LogP contribution in [0.15, 0.2) is 43.5 Å². The molecule has 0 unspecified atom stereocenters. The largest absolute Gasteiger partial charge is 0.470 e. The highest BCUT2D eigenvalue weighted by Crippen LogP contribution is 2.66. The molecule has 2 fully saturated rings. The van der Waals surface area contributed by atoms with Crippen LogP contribution in [0.4, 0.5) is 0 Å². The lowest BCUT2D eigenvalue weighted by Crippen LogP contribution is -2.49. The molecule has 0 bridgehead atoms. The molecule has 12 nitrogen and oxygen atoms in total. The number of nitrogens with zero attached hydrogens (tertiary/aromatic N) is 6. The predicted molar refractivity (Wildman–Crippen MR) is 129 cm³/mol. The molecule has 3 aliphatic heterocycles. The second-order valence-corrected chi connectivity index (χ2v) is 11.0. The van der Waals surface area contributed by atoms with Gasteiger partial charge in [-0.25, -0.2) is 9.59 Å². The maximum Gasteiger partial charge on any atom is 0.443 e. The predicted octanol–water partition coefficient (Wildman–Crippen LogP) is 2.36. The van der Waals surface area contributed by atoms with Gasteiger partial charge in [0.1, 0.15) is 10.6 Å². The van der Waals surface area contributed by atoms with E-state index in [2.05, 4.69) is 29.3 Å². The fraction of sp³-hybridized carbons (Fsp3) is 0.364. The van der Waals surface area contributed by atoms with Crippen LogP contribution in [0, 0.1) is 6.92 Å². The van der Waals surface area contributed by atoms with Gasteiger partial charge in [0, 0.05) is 54.4 Å². The molecule has 0 atom stereocenters. The number of thiazole rings is 1. The molecule has 0 aliphatic carbocycles. The van der Waals surface area contributed by atoms with Gasteiger partial charge in [0.05, 0.1) is 6.61 Å². The summed E-state index contributed by atoms with van der Waals surface area (Å²) < 4.78 is 26.3. The molecule has 3 aliphatic rings. The minimum atomic E-state index is -2.76. The summed E-state index contributed by atoms with van der Waals surface area (Å²) in [6, 6.07) is 7.45. The van der Waals surface area contributed by atoms with E-state index in [0.29, 0.717) is 39.9 Å². The van der Waals surface area contributed by atoms with Gasteiger partial charge >= 0.3 is 11.9 Å². The van der Waals surface area contributed by atoms with Crippen LogP contribution < -0.4 is 4.74 Å². The van der Waals surface area contributed by atoms with E-state index in [9.17, 15) is 9.59 Å². The van der Waals surface area contributed by atoms with Gasteiger partial charge in [-0.05, 0) is 25.5 Å². The van der Waals surface area contributed by atoms with Crippen LogP contribution in [0.25, 0.3) is 11.6 Å². The van der Waals surface area contributed by atoms with E-state index in [1.807, 2.05) is 23.6 Å². The van der Waals surface area contributed by atoms with E-state index in [4.69, 9.17) is 17.6 Å². The van der Waals surface area contributed by atoms with E-state index in [-0.39, 0.29) is 0 Å². The van der Waals surface area contributed by atoms with Crippen LogP contribution in [0.2, 0.25) is 0 Å². The zero-order valence-electron chi connectivity index (χ0n) is 19.3. The molecule has 2 aromatic heterocycles. The van der Waals surface area contributed by atoms with Crippen LogP contribution in [0.1, 0.15) is 17.8 Å². The molecule has 3 aromatic rings. The van der Waals surface area contributed by atoms with Gasteiger partial charge in [-0.2, -0.15) is 9.97 Å². The first kappa shape index (κ1) is 22.9. The number of hydrogen-bond donors (Lipinski definition) is 0. The molecule has 1 spiro atoms. The number of hydrogen-bond acceptors (Lipinski definition) is 13. The van der Waals surface area contributed by atoms with Crippen molar-refractivity contribution in [3.63, 3.8) is 0 Å². The molecule has 0 radical (unpaired) electrons. The smallest absolute Gasteiger partial charge is 0.443 e. The third-order valence-corrected chi connectivity index (χ3v) is 8.73. The second-order valence-electron chi connectivity index (χ2n) is 8.30. The zero-order chi connectivity index (χ0) is 24.7. The third kappa shape index (κ3) is 4.20. The summed E-state index contributed by atoms with van der Waals surface area (Å²) in [5, 5.41) is 6.19. The second kappa shape index (κ2) is 9.19. The monoisotopic (exact) mass is 530 g/mol. The van der Waals surface area contributed by atoms with E-state index in [1.54, 1.807) is 13.0 Å². The first-order chi connectivity index (χ1) is 17.5. The Morgan fingerprint density at radius 3 is 2.61 bits per heavy atom. The molecule has 188 valence electrons. The van der Waals surface area contributed by atoms with Crippen molar-refractivity contribution in [2.45, 2.75) is 18.2 Å². The quantitative estimate of drug-likeness (QED) is 0.344. The Hall–Kier alpha value is -3.49. The maximum atomic E-state index is 11.8. The van der Waals surface area contributed by atoms with Gasteiger partial charge in [0.15, 0.2) is 11.7 Å². The first-order valence-corrected chi connectivity index (χ1v) is 13.7. The molecule has 14 heteroatoms. The topological polar surface area (TPSA) is 132 Å². The summed E-state index contributed by atoms with van der Waals surface area (Å²) in [6.07, 6.45) is 0.859. The Balaban J connectivity index is 1.01. The van der Waals surface area contributed by atoms with E-state index in [0.717, 1.165) is 44.7 Å². The van der Waals surface area contributed by atoms with Gasteiger partial charge < -0.3 is 22.5 Å². The van der Waals surface area contributed by atoms with Crippen molar-refractivity contribution in [1.29, 1.82) is 0 Å². The summed E-state index contributed by atoms with van der Waals surface area (Å²) in [7, 11) is -2.76. The Labute approximate surface area is 211 Å². The molecule has 0 N–H and O–H groups in total. The average molecular weight is 531 g/mol. The van der Waals surface area contributed by atoms with Crippen LogP contribution in [-0.4, -0.2) is 82.0 Å². The number of amidine groups is 1. The van der Waals surface area contributed by atoms with E-state index in [1.165, 1.54) is 11.3 Å². The number of fused-ring (bicyclic) bond motifs is 2. The van der Waals surface area contributed by atoms with Crippen molar-refractivity contribution >= 4 is 39.9 Å². The molecular formula is C22H22N6O6S2. The molecule has 6 rings (SSSR count). The van der Waals surface area contributed by atoms with Crippen molar-refractivity contribution in [3.8, 4) is 16.8 Å². The Bertz CT molecular complexity index is 1330. The number of aryl methyl sites for hydroxylation is 1. The van der Waals surface area contributed by atoms with E-state index < -0.39 is 22.7 Å². The molecule has 0 amide bonds. The SMILES string of the molecule is Cc1noc(-c2csc(OCCCN3CCN(C4=NS5(OC(=O)C(=O)O5)c5ccccc54)CC3)n2)n1. The lowest BCUT2D eigenvalue weighted by atomic mass is 10.1. The number of aromatic nitrogens is 3. The third-order valence-electron chi connectivity index (χ3n) is 5.90. The summed E-state index contributed by atoms with van der Waals surface area (Å²) in [5.41, 5.74) is 1.46. The molecule has 1 aromatic carbocycles. The number of carbonyl (C=O) groups is 2. The van der Waals surface area contributed by atoms with Crippen LogP contribution in [-0.2, 0) is 18.0 Å². The van der Waals surface area contributed by atoms with Crippen molar-refractivity contribution in [3.05, 3.63) is 41.0 Å². The molecule has 2 saturated heterocycles. The summed E-state index contributed by atoms with van der Waals surface area (Å²) >= 11 is 1.40. The van der Waals surface area contributed by atoms with Gasteiger partial charge in [-0.1, -0.05) is 28.6 Å². The number of carbonyl (C=O) groups excluding carboxylic acids is 2. The van der Waals surface area contributed by atoms with Crippen LogP contribution >= 0.6 is 22.1 Å². The fourth-order valence-electron chi connectivity index (χ4n) is 4.19. The Morgan fingerprint density at radius 2 is 1.86 bits per heavy atom. The zero-order valence-corrected chi connectivity index (χ0v) is 20.9. The minimum Gasteiger partial charge on any atom is -0.470 e. The van der Waals surface area contributed by atoms with Gasteiger partial charge in [-0.15, -0.1) is 4.40 Å². The lowest BCUT2D eigenvalue weighted by Gasteiger charge is -2.35. The molecule has 36 heavy (non-hydrogen) atoms. The average Bonchev–Trinajstić information content (AvgIpc) is 3.65. The van der Waals surface area contributed by atoms with Crippen molar-refractivity contribution in [2.75, 3.05) is 39.3 Å². The van der Waals surface area contributed by atoms with E-state index >= 15 is 0 Å². The standard InChI is InChI=1S/C22H22N6O6S2/c1-14-23-19(32-25-14)16-13-35-22(24-16)31-12-4-7-27-8-10-28(11-9-27)18-15-5-2-3-6-17(15)36(26-18)33-20(29)21(30)34-36/h2-3,5-6,13H,4,7-12H2,1H3. The highest BCUT2D eigenvalue weighted by molar-refractivity contribution is 8.26. The van der Waals surface area contributed by atoms with Crippen LogP contribution in [0.3, 0.4) is 0 Å². The molecular weight excluding hydrogens is 508 g/mol. The van der Waals surface area contributed by atoms with Crippen molar-refractivity contribution in [1.82, 2.24) is 24.9 Å². The fourth-order valence-corrected chi connectivity index (χ4v) is 6.92. The summed E-state index contributed by atoms with van der Waals surface area (Å²) in [6.45, 7) is 6.41. The lowest BCUT2D eigenvalue weighted by molar-refractivity contribution is -0.150. The Morgan fingerprint density at radius 1 is 1.08 bits per heavy atom. The van der Waals surface area contributed by atoms with Crippen molar-refractivity contribution < 1.29 is 27.2 Å². The number of rotatable bonds is 6. The Kier molecular flexibility index (Phi) is 5.85. The summed E-state index contributed by atoms with van der Waals surface area (Å²) in [5.74, 6) is -0.313. The highest BCUT2D eigenvalue weighted by Gasteiger charge is 2.49. The molecule has 5 heterocycles. The van der Waals surface area contributed by atoms with Gasteiger partial charge in [0.2, 0.25) is 0 Å². The summed E-state index contributed by atoms with van der Waals surface area (Å²) in [4.78, 5) is 37.3. The van der Waals surface area contributed by atoms with Gasteiger partial charge in [-0.3, -0.25) is 4.90 Å². The molecule has 0 saturated carbocycles. The highest BCUT2D eigenvalue weighted by atomic mass is 32.3. The number of piperazine rings is 1. The van der Waals surface area contributed by atoms with Crippen molar-refractivity contribution in [2.24, 2.45) is 4.40 Å². The van der Waals surface area contributed by atoms with Crippen LogP contribution in [0.5, 0.6) is 5.19 Å². The van der Waals surface area contributed by atoms with Gasteiger partial charge in [0.25, 0.3) is 11.1 Å². The normalized spacial score (nSPS) is 19.7. The first-order valence-electron chi connectivity index (χ1n) is 11.4. The number of ether oxygens (including phenoxy) is 1. The number of benzene rings is 1. The minimum absolute atomic E-state index is 0.391. The maximum absolute atomic E-state index is 11.8.